The summed E-state index contributed by atoms with van der Waals surface area (Å²) < 4.78 is 6.56. The molecular weight excluding hydrogens is 363 g/mol. The third-order valence-corrected chi connectivity index (χ3v) is 4.06. The predicted octanol–water partition coefficient (Wildman–Crippen LogP) is -0.324. The molecule has 0 radical (unpaired) electrons. The van der Waals surface area contributed by atoms with Crippen LogP contribution >= 0.6 is 22.6 Å². The molecule has 0 aromatic heterocycles. The van der Waals surface area contributed by atoms with E-state index in [9.17, 15) is 15.3 Å². The lowest BCUT2D eigenvalue weighted by Gasteiger charge is -2.40. The second-order valence-corrected chi connectivity index (χ2v) is 5.94. The highest BCUT2D eigenvalue weighted by molar-refractivity contribution is 14.1. The number of aliphatic hydroxyl groups excluding tert-OH is 4. The van der Waals surface area contributed by atoms with E-state index in [2.05, 4.69) is 22.6 Å². The van der Waals surface area contributed by atoms with Gasteiger partial charge in [0.2, 0.25) is 0 Å². The molecule has 1 saturated heterocycles. The molecule has 1 fully saturated rings. The molecular formula is C13H17IO5. The molecule has 0 unspecified atom stereocenters. The molecule has 1 aliphatic rings. The Labute approximate surface area is 125 Å². The third kappa shape index (κ3) is 3.45. The number of benzene rings is 1. The molecule has 5 nitrogen and oxygen atoms in total. The normalized spacial score (nSPS) is 35.3. The van der Waals surface area contributed by atoms with Gasteiger partial charge in [-0.25, -0.2) is 0 Å². The van der Waals surface area contributed by atoms with Gasteiger partial charge in [-0.3, -0.25) is 0 Å². The fourth-order valence-corrected chi connectivity index (χ4v) is 2.56. The molecule has 6 heteroatoms. The average Bonchev–Trinajstić information content (AvgIpc) is 2.42. The fraction of sp³-hybridized carbons (Fsp3) is 0.538. The van der Waals surface area contributed by atoms with Crippen molar-refractivity contribution < 1.29 is 25.2 Å². The van der Waals surface area contributed by atoms with E-state index in [0.717, 1.165) is 9.13 Å². The first-order valence-electron chi connectivity index (χ1n) is 6.08. The minimum absolute atomic E-state index is 0.395. The highest BCUT2D eigenvalue weighted by atomic mass is 127. The molecule has 1 aromatic rings. The summed E-state index contributed by atoms with van der Waals surface area (Å²) in [5, 5.41) is 38.4. The Bertz CT molecular complexity index is 408. The zero-order chi connectivity index (χ0) is 14.0. The lowest BCUT2D eigenvalue weighted by atomic mass is 9.92. The van der Waals surface area contributed by atoms with Crippen molar-refractivity contribution in [3.63, 3.8) is 0 Å². The molecule has 19 heavy (non-hydrogen) atoms. The Morgan fingerprint density at radius 1 is 0.947 bits per heavy atom. The van der Waals surface area contributed by atoms with Crippen LogP contribution in [0, 0.1) is 3.57 Å². The first-order valence-corrected chi connectivity index (χ1v) is 7.15. The van der Waals surface area contributed by atoms with Gasteiger partial charge >= 0.3 is 0 Å². The van der Waals surface area contributed by atoms with Crippen LogP contribution in [0.3, 0.4) is 0 Å². The highest BCUT2D eigenvalue weighted by Crippen LogP contribution is 2.24. The molecule has 1 aliphatic heterocycles. The Morgan fingerprint density at radius 2 is 1.53 bits per heavy atom. The highest BCUT2D eigenvalue weighted by Gasteiger charge is 2.43. The molecule has 0 aliphatic carbocycles. The summed E-state index contributed by atoms with van der Waals surface area (Å²) in [4.78, 5) is 0. The van der Waals surface area contributed by atoms with Crippen molar-refractivity contribution in [1.29, 1.82) is 0 Å². The lowest BCUT2D eigenvalue weighted by molar-refractivity contribution is -0.228. The number of hydrogen-bond acceptors (Lipinski definition) is 5. The first kappa shape index (κ1) is 15.1. The van der Waals surface area contributed by atoms with E-state index in [4.69, 9.17) is 9.84 Å². The van der Waals surface area contributed by atoms with E-state index < -0.39 is 37.1 Å². The molecule has 1 heterocycles. The zero-order valence-electron chi connectivity index (χ0n) is 10.2. The second-order valence-electron chi connectivity index (χ2n) is 4.70. The van der Waals surface area contributed by atoms with Gasteiger partial charge in [-0.1, -0.05) is 12.1 Å². The van der Waals surface area contributed by atoms with E-state index in [-0.39, 0.29) is 0 Å². The Morgan fingerprint density at radius 3 is 2.11 bits per heavy atom. The van der Waals surface area contributed by atoms with E-state index in [0.29, 0.717) is 6.42 Å². The Hall–Kier alpha value is -0.250. The van der Waals surface area contributed by atoms with Gasteiger partial charge in [0, 0.05) is 9.99 Å². The van der Waals surface area contributed by atoms with E-state index in [1.54, 1.807) is 0 Å². The second kappa shape index (κ2) is 6.47. The van der Waals surface area contributed by atoms with Crippen LogP contribution in [0.2, 0.25) is 0 Å². The summed E-state index contributed by atoms with van der Waals surface area (Å²) in [6.45, 7) is -0.395. The van der Waals surface area contributed by atoms with Gasteiger partial charge in [0.05, 0.1) is 12.7 Å². The molecule has 0 bridgehead atoms. The molecule has 2 rings (SSSR count). The summed E-state index contributed by atoms with van der Waals surface area (Å²) in [7, 11) is 0. The lowest BCUT2D eigenvalue weighted by Crippen LogP contribution is -2.58. The molecule has 4 N–H and O–H groups in total. The van der Waals surface area contributed by atoms with Crippen LogP contribution < -0.4 is 0 Å². The van der Waals surface area contributed by atoms with Crippen LogP contribution in [-0.4, -0.2) is 57.6 Å². The summed E-state index contributed by atoms with van der Waals surface area (Å²) in [6, 6.07) is 7.73. The number of rotatable bonds is 3. The Balaban J connectivity index is 2.08. The standard InChI is InChI=1S/C13H17IO5/c14-8-3-1-7(2-4-8)5-9-11(16)13(18)12(17)10(6-15)19-9/h1-4,9-13,15-18H,5-6H2/t9-,10-,11-,12-,13-/m1/s1. The monoisotopic (exact) mass is 380 g/mol. The van der Waals surface area contributed by atoms with Gasteiger partial charge in [0.25, 0.3) is 0 Å². The predicted molar refractivity (Wildman–Crippen MR) is 76.6 cm³/mol. The van der Waals surface area contributed by atoms with Crippen LogP contribution in [0.1, 0.15) is 5.56 Å². The maximum Gasteiger partial charge on any atom is 0.111 e. The summed E-state index contributed by atoms with van der Waals surface area (Å²) in [5.74, 6) is 0. The van der Waals surface area contributed by atoms with Gasteiger partial charge in [-0.15, -0.1) is 0 Å². The van der Waals surface area contributed by atoms with Crippen LogP contribution in [-0.2, 0) is 11.2 Å². The molecule has 0 spiro atoms. The zero-order valence-corrected chi connectivity index (χ0v) is 12.3. The van der Waals surface area contributed by atoms with Gasteiger partial charge in [0.15, 0.2) is 0 Å². The molecule has 0 saturated carbocycles. The van der Waals surface area contributed by atoms with Gasteiger partial charge < -0.3 is 25.2 Å². The molecule has 1 aromatic carbocycles. The van der Waals surface area contributed by atoms with Crippen molar-refractivity contribution in [2.45, 2.75) is 36.9 Å². The smallest absolute Gasteiger partial charge is 0.111 e. The van der Waals surface area contributed by atoms with Gasteiger partial charge in [-0.05, 0) is 40.3 Å². The van der Waals surface area contributed by atoms with Crippen LogP contribution in [0.4, 0.5) is 0 Å². The van der Waals surface area contributed by atoms with Crippen molar-refractivity contribution in [3.8, 4) is 0 Å². The summed E-state index contributed by atoms with van der Waals surface area (Å²) in [5.41, 5.74) is 0.963. The third-order valence-electron chi connectivity index (χ3n) is 3.34. The maximum absolute atomic E-state index is 9.92. The molecule has 5 atom stereocenters. The van der Waals surface area contributed by atoms with E-state index in [1.807, 2.05) is 24.3 Å². The van der Waals surface area contributed by atoms with Crippen molar-refractivity contribution in [3.05, 3.63) is 33.4 Å². The molecule has 0 amide bonds. The molecule has 106 valence electrons. The van der Waals surface area contributed by atoms with Crippen LogP contribution in [0.5, 0.6) is 0 Å². The average molecular weight is 380 g/mol. The number of halogens is 1. The minimum Gasteiger partial charge on any atom is -0.394 e. The first-order chi connectivity index (χ1) is 9.02. The summed E-state index contributed by atoms with van der Waals surface area (Å²) >= 11 is 2.20. The maximum atomic E-state index is 9.92. The van der Waals surface area contributed by atoms with Crippen LogP contribution in [0.25, 0.3) is 0 Å². The van der Waals surface area contributed by atoms with Crippen molar-refractivity contribution in [2.75, 3.05) is 6.61 Å². The van der Waals surface area contributed by atoms with E-state index >= 15 is 0 Å². The van der Waals surface area contributed by atoms with E-state index in [1.165, 1.54) is 0 Å². The number of aliphatic hydroxyl groups is 4. The van der Waals surface area contributed by atoms with Gasteiger partial charge in [0.1, 0.15) is 24.4 Å². The van der Waals surface area contributed by atoms with Crippen LogP contribution in [0.15, 0.2) is 24.3 Å². The summed E-state index contributed by atoms with van der Waals surface area (Å²) in [6.07, 6.45) is -4.84. The van der Waals surface area contributed by atoms with Crippen molar-refractivity contribution >= 4 is 22.6 Å². The quantitative estimate of drug-likeness (QED) is 0.540. The Kier molecular flexibility index (Phi) is 5.15. The topological polar surface area (TPSA) is 90.2 Å². The fourth-order valence-electron chi connectivity index (χ4n) is 2.20. The largest absolute Gasteiger partial charge is 0.394 e. The number of ether oxygens (including phenoxy) is 1. The van der Waals surface area contributed by atoms with Crippen molar-refractivity contribution in [1.82, 2.24) is 0 Å². The SMILES string of the molecule is OC[C@H]1O[C@H](Cc2ccc(I)cc2)[C@@H](O)[C@@H](O)[C@@H]1O. The number of hydrogen-bond donors (Lipinski definition) is 4. The minimum atomic E-state index is -1.31. The van der Waals surface area contributed by atoms with Crippen molar-refractivity contribution in [2.24, 2.45) is 0 Å². The van der Waals surface area contributed by atoms with Gasteiger partial charge in [-0.2, -0.15) is 0 Å².